The Bertz CT molecular complexity index is 1230. The Labute approximate surface area is 186 Å². The molecule has 1 saturated heterocycles. The SMILES string of the molecule is O=C(CCN1CCN(C(=O)c2cc3ccccc3o2)CC1)Nc1cccc2ccccc12. The fraction of sp³-hybridized carbons (Fsp3) is 0.231. The number of para-hydroxylation sites is 1. The van der Waals surface area contributed by atoms with Gasteiger partial charge in [-0.15, -0.1) is 0 Å². The van der Waals surface area contributed by atoms with Crippen molar-refractivity contribution in [1.29, 1.82) is 0 Å². The number of hydrogen-bond acceptors (Lipinski definition) is 4. The van der Waals surface area contributed by atoms with E-state index in [0.29, 0.717) is 31.8 Å². The predicted octanol–water partition coefficient (Wildman–Crippen LogP) is 4.37. The molecule has 1 N–H and O–H groups in total. The van der Waals surface area contributed by atoms with Crippen LogP contribution in [-0.2, 0) is 4.79 Å². The highest BCUT2D eigenvalue weighted by Crippen LogP contribution is 2.23. The second-order valence-electron chi connectivity index (χ2n) is 8.11. The molecule has 3 aromatic carbocycles. The fourth-order valence-electron chi connectivity index (χ4n) is 4.22. The maximum atomic E-state index is 12.8. The van der Waals surface area contributed by atoms with Crippen LogP contribution >= 0.6 is 0 Å². The van der Waals surface area contributed by atoms with Crippen LogP contribution in [0.25, 0.3) is 21.7 Å². The second-order valence-corrected chi connectivity index (χ2v) is 8.11. The summed E-state index contributed by atoms with van der Waals surface area (Å²) < 4.78 is 5.72. The van der Waals surface area contributed by atoms with Crippen LogP contribution in [0, 0.1) is 0 Å². The van der Waals surface area contributed by atoms with Gasteiger partial charge in [-0.05, 0) is 23.6 Å². The number of hydrogen-bond donors (Lipinski definition) is 1. The lowest BCUT2D eigenvalue weighted by Gasteiger charge is -2.34. The first kappa shape index (κ1) is 20.3. The third kappa shape index (κ3) is 4.22. The van der Waals surface area contributed by atoms with E-state index in [2.05, 4.69) is 10.2 Å². The minimum atomic E-state index is -0.0745. The van der Waals surface area contributed by atoms with Crippen molar-refractivity contribution in [3.63, 3.8) is 0 Å². The molecular formula is C26H25N3O3. The van der Waals surface area contributed by atoms with Gasteiger partial charge in [0.15, 0.2) is 5.76 Å². The lowest BCUT2D eigenvalue weighted by molar-refractivity contribution is -0.116. The van der Waals surface area contributed by atoms with E-state index >= 15 is 0 Å². The molecule has 2 amide bonds. The summed E-state index contributed by atoms with van der Waals surface area (Å²) in [6.45, 7) is 3.41. The summed E-state index contributed by atoms with van der Waals surface area (Å²) in [4.78, 5) is 29.4. The average molecular weight is 428 g/mol. The molecule has 162 valence electrons. The van der Waals surface area contributed by atoms with Crippen LogP contribution in [0.5, 0.6) is 0 Å². The van der Waals surface area contributed by atoms with E-state index in [1.807, 2.05) is 77.7 Å². The van der Waals surface area contributed by atoms with Crippen LogP contribution < -0.4 is 5.32 Å². The summed E-state index contributed by atoms with van der Waals surface area (Å²) in [6.07, 6.45) is 0.417. The third-order valence-electron chi connectivity index (χ3n) is 6.01. The van der Waals surface area contributed by atoms with Gasteiger partial charge in [0.05, 0.1) is 0 Å². The first-order chi connectivity index (χ1) is 15.7. The van der Waals surface area contributed by atoms with E-state index in [1.54, 1.807) is 0 Å². The minimum Gasteiger partial charge on any atom is -0.451 e. The average Bonchev–Trinajstić information content (AvgIpc) is 3.27. The molecule has 2 heterocycles. The molecule has 1 aromatic heterocycles. The smallest absolute Gasteiger partial charge is 0.289 e. The maximum Gasteiger partial charge on any atom is 0.289 e. The quantitative estimate of drug-likeness (QED) is 0.514. The molecule has 1 aliphatic rings. The number of benzene rings is 3. The topological polar surface area (TPSA) is 65.8 Å². The summed E-state index contributed by atoms with van der Waals surface area (Å²) in [5.74, 6) is 0.311. The van der Waals surface area contributed by atoms with Crippen LogP contribution in [-0.4, -0.2) is 54.3 Å². The molecule has 0 aliphatic carbocycles. The van der Waals surface area contributed by atoms with Crippen LogP contribution in [0.1, 0.15) is 17.0 Å². The Morgan fingerprint density at radius 2 is 1.56 bits per heavy atom. The number of piperazine rings is 1. The van der Waals surface area contributed by atoms with E-state index in [-0.39, 0.29) is 11.8 Å². The molecule has 0 unspecified atom stereocenters. The summed E-state index contributed by atoms with van der Waals surface area (Å²) >= 11 is 0. The van der Waals surface area contributed by atoms with Crippen molar-refractivity contribution in [2.24, 2.45) is 0 Å². The van der Waals surface area contributed by atoms with Gasteiger partial charge in [-0.25, -0.2) is 0 Å². The lowest BCUT2D eigenvalue weighted by atomic mass is 10.1. The molecule has 6 nitrogen and oxygen atoms in total. The van der Waals surface area contributed by atoms with Crippen LogP contribution in [0.15, 0.2) is 77.2 Å². The molecule has 5 rings (SSSR count). The Balaban J connectivity index is 1.12. The highest BCUT2D eigenvalue weighted by Gasteiger charge is 2.24. The standard InChI is InChI=1S/C26H25N3O3/c30-25(27-22-10-5-8-19-6-1-3-9-21(19)22)12-13-28-14-16-29(17-15-28)26(31)24-18-20-7-2-4-11-23(20)32-24/h1-11,18H,12-17H2,(H,27,30). The zero-order chi connectivity index (χ0) is 21.9. The van der Waals surface area contributed by atoms with E-state index in [0.717, 1.165) is 40.5 Å². The Morgan fingerprint density at radius 3 is 2.38 bits per heavy atom. The van der Waals surface area contributed by atoms with Gasteiger partial charge >= 0.3 is 0 Å². The number of rotatable bonds is 5. The summed E-state index contributed by atoms with van der Waals surface area (Å²) in [7, 11) is 0. The molecular weight excluding hydrogens is 402 g/mol. The summed E-state index contributed by atoms with van der Waals surface area (Å²) in [5, 5.41) is 6.13. The number of anilines is 1. The third-order valence-corrected chi connectivity index (χ3v) is 6.01. The number of carbonyl (C=O) groups is 2. The maximum absolute atomic E-state index is 12.8. The fourth-order valence-corrected chi connectivity index (χ4v) is 4.22. The summed E-state index contributed by atoms with van der Waals surface area (Å²) in [5.41, 5.74) is 1.57. The lowest BCUT2D eigenvalue weighted by Crippen LogP contribution is -2.49. The molecule has 0 spiro atoms. The number of fused-ring (bicyclic) bond motifs is 2. The van der Waals surface area contributed by atoms with Gasteiger partial charge in [0.1, 0.15) is 5.58 Å². The van der Waals surface area contributed by atoms with Gasteiger partial charge < -0.3 is 14.6 Å². The first-order valence-electron chi connectivity index (χ1n) is 11.0. The molecule has 32 heavy (non-hydrogen) atoms. The molecule has 0 radical (unpaired) electrons. The number of carbonyl (C=O) groups excluding carboxylic acids is 2. The second kappa shape index (κ2) is 8.85. The van der Waals surface area contributed by atoms with E-state index in [4.69, 9.17) is 4.42 Å². The van der Waals surface area contributed by atoms with Crippen LogP contribution in [0.3, 0.4) is 0 Å². The first-order valence-corrected chi connectivity index (χ1v) is 11.0. The molecule has 6 heteroatoms. The highest BCUT2D eigenvalue weighted by molar-refractivity contribution is 6.02. The molecule has 0 atom stereocenters. The Hall–Kier alpha value is -3.64. The van der Waals surface area contributed by atoms with Crippen molar-refractivity contribution in [1.82, 2.24) is 9.80 Å². The predicted molar refractivity (Wildman–Crippen MR) is 126 cm³/mol. The van der Waals surface area contributed by atoms with Gasteiger partial charge in [0, 0.05) is 55.6 Å². The number of amides is 2. The van der Waals surface area contributed by atoms with Gasteiger partial charge in [0.25, 0.3) is 5.91 Å². The van der Waals surface area contributed by atoms with E-state index < -0.39 is 0 Å². The highest BCUT2D eigenvalue weighted by atomic mass is 16.3. The molecule has 1 aliphatic heterocycles. The van der Waals surface area contributed by atoms with E-state index in [9.17, 15) is 9.59 Å². The molecule has 1 fully saturated rings. The Kier molecular flexibility index (Phi) is 5.60. The van der Waals surface area contributed by atoms with Gasteiger partial charge in [-0.1, -0.05) is 54.6 Å². The monoisotopic (exact) mass is 427 g/mol. The number of nitrogens with one attached hydrogen (secondary N) is 1. The Morgan fingerprint density at radius 1 is 0.844 bits per heavy atom. The number of nitrogens with zero attached hydrogens (tertiary/aromatic N) is 2. The van der Waals surface area contributed by atoms with Gasteiger partial charge in [0.2, 0.25) is 5.91 Å². The summed E-state index contributed by atoms with van der Waals surface area (Å²) in [6, 6.07) is 23.4. The normalized spacial score (nSPS) is 14.7. The van der Waals surface area contributed by atoms with Crippen molar-refractivity contribution >= 4 is 39.2 Å². The van der Waals surface area contributed by atoms with Crippen molar-refractivity contribution < 1.29 is 14.0 Å². The van der Waals surface area contributed by atoms with Crippen molar-refractivity contribution in [2.75, 3.05) is 38.0 Å². The van der Waals surface area contributed by atoms with Crippen molar-refractivity contribution in [3.8, 4) is 0 Å². The zero-order valence-electron chi connectivity index (χ0n) is 17.8. The van der Waals surface area contributed by atoms with Crippen LogP contribution in [0.4, 0.5) is 5.69 Å². The number of furan rings is 1. The van der Waals surface area contributed by atoms with Crippen molar-refractivity contribution in [3.05, 3.63) is 78.6 Å². The molecule has 4 aromatic rings. The van der Waals surface area contributed by atoms with Crippen LogP contribution in [0.2, 0.25) is 0 Å². The molecule has 0 saturated carbocycles. The zero-order valence-corrected chi connectivity index (χ0v) is 17.8. The minimum absolute atomic E-state index is 0.00198. The van der Waals surface area contributed by atoms with E-state index in [1.165, 1.54) is 0 Å². The van der Waals surface area contributed by atoms with Gasteiger partial charge in [-0.3, -0.25) is 14.5 Å². The molecule has 0 bridgehead atoms. The van der Waals surface area contributed by atoms with Crippen molar-refractivity contribution in [2.45, 2.75) is 6.42 Å². The van der Waals surface area contributed by atoms with Gasteiger partial charge in [-0.2, -0.15) is 0 Å². The largest absolute Gasteiger partial charge is 0.451 e.